The minimum absolute atomic E-state index is 0.0718. The lowest BCUT2D eigenvalue weighted by molar-refractivity contribution is -0.143. The van der Waals surface area contributed by atoms with E-state index >= 15 is 0 Å². The minimum atomic E-state index is -0.601. The third kappa shape index (κ3) is 6.89. The Balaban J connectivity index is 2.01. The Bertz CT molecular complexity index is 884. The van der Waals surface area contributed by atoms with Gasteiger partial charge in [-0.05, 0) is 48.7 Å². The van der Waals surface area contributed by atoms with Crippen LogP contribution in [-0.2, 0) is 22.6 Å². The Hall–Kier alpha value is -2.73. The van der Waals surface area contributed by atoms with Crippen LogP contribution in [0.2, 0.25) is 5.02 Å². The zero-order valence-corrected chi connectivity index (χ0v) is 19.5. The van der Waals surface area contributed by atoms with E-state index in [9.17, 15) is 9.59 Å². The van der Waals surface area contributed by atoms with Gasteiger partial charge in [-0.3, -0.25) is 9.59 Å². The molecule has 0 spiro atoms. The fourth-order valence-electron chi connectivity index (χ4n) is 3.18. The number of hydrogen-bond acceptors (Lipinski definition) is 4. The third-order valence-electron chi connectivity index (χ3n) is 5.05. The summed E-state index contributed by atoms with van der Waals surface area (Å²) in [5, 5.41) is 3.57. The molecule has 6 nitrogen and oxygen atoms in total. The van der Waals surface area contributed by atoms with Crippen molar-refractivity contribution in [2.45, 2.75) is 39.8 Å². The maximum Gasteiger partial charge on any atom is 0.242 e. The van der Waals surface area contributed by atoms with Gasteiger partial charge >= 0.3 is 0 Å². The molecule has 0 heterocycles. The summed E-state index contributed by atoms with van der Waals surface area (Å²) >= 11 is 5.96. The highest BCUT2D eigenvalue weighted by atomic mass is 35.5. The molecule has 1 N–H and O–H groups in total. The van der Waals surface area contributed by atoms with Gasteiger partial charge in [0.15, 0.2) is 11.5 Å². The highest BCUT2D eigenvalue weighted by molar-refractivity contribution is 6.30. The molecular weight excluding hydrogens is 416 g/mol. The molecule has 0 aliphatic heterocycles. The molecule has 2 aromatic carbocycles. The van der Waals surface area contributed by atoms with Crippen LogP contribution in [0, 0.1) is 5.92 Å². The summed E-state index contributed by atoms with van der Waals surface area (Å²) in [5.74, 6) is 0.834. The maximum absolute atomic E-state index is 12.8. The standard InChI is InChI=1S/C24H31ClN2O4/c1-16(2)24(29)27(15-19-6-9-20(25)10-7-19)17(3)23(28)26-13-12-18-8-11-21(30-4)22(14-18)31-5/h6-11,14,16-17H,12-13,15H2,1-5H3,(H,26,28)/t17-/m1/s1. The largest absolute Gasteiger partial charge is 0.493 e. The van der Waals surface area contributed by atoms with Crippen LogP contribution in [0.4, 0.5) is 0 Å². The molecule has 0 aromatic heterocycles. The van der Waals surface area contributed by atoms with Gasteiger partial charge in [-0.15, -0.1) is 0 Å². The number of nitrogens with one attached hydrogen (secondary N) is 1. The van der Waals surface area contributed by atoms with E-state index in [1.165, 1.54) is 0 Å². The van der Waals surface area contributed by atoms with E-state index in [0.717, 1.165) is 11.1 Å². The van der Waals surface area contributed by atoms with E-state index in [0.29, 0.717) is 36.0 Å². The Kier molecular flexibility index (Phi) is 9.19. The summed E-state index contributed by atoms with van der Waals surface area (Å²) in [6.45, 7) is 6.21. The van der Waals surface area contributed by atoms with Crippen LogP contribution in [0.1, 0.15) is 31.9 Å². The first-order valence-electron chi connectivity index (χ1n) is 10.3. The first-order valence-corrected chi connectivity index (χ1v) is 10.7. The molecule has 0 fully saturated rings. The number of methoxy groups -OCH3 is 2. The summed E-state index contributed by atoms with van der Waals surface area (Å²) in [6.07, 6.45) is 0.633. The van der Waals surface area contributed by atoms with Crippen molar-refractivity contribution in [2.24, 2.45) is 5.92 Å². The van der Waals surface area contributed by atoms with Gasteiger partial charge in [-0.2, -0.15) is 0 Å². The molecule has 0 saturated carbocycles. The average Bonchev–Trinajstić information content (AvgIpc) is 2.77. The fourth-order valence-corrected chi connectivity index (χ4v) is 3.31. The first-order chi connectivity index (χ1) is 14.8. The van der Waals surface area contributed by atoms with Crippen LogP contribution >= 0.6 is 11.6 Å². The number of benzene rings is 2. The number of carbonyl (C=O) groups is 2. The molecule has 1 atom stereocenters. The fraction of sp³-hybridized carbons (Fsp3) is 0.417. The molecule has 31 heavy (non-hydrogen) atoms. The second-order valence-electron chi connectivity index (χ2n) is 7.65. The summed E-state index contributed by atoms with van der Waals surface area (Å²) < 4.78 is 10.6. The lowest BCUT2D eigenvalue weighted by Gasteiger charge is -2.30. The van der Waals surface area contributed by atoms with Crippen molar-refractivity contribution < 1.29 is 19.1 Å². The normalized spacial score (nSPS) is 11.7. The number of carbonyl (C=O) groups excluding carboxylic acids is 2. The van der Waals surface area contributed by atoms with Gasteiger partial charge in [0.1, 0.15) is 6.04 Å². The lowest BCUT2D eigenvalue weighted by Crippen LogP contribution is -2.49. The molecule has 0 saturated heterocycles. The average molecular weight is 447 g/mol. The number of nitrogens with zero attached hydrogens (tertiary/aromatic N) is 1. The van der Waals surface area contributed by atoms with Crippen molar-refractivity contribution in [2.75, 3.05) is 20.8 Å². The van der Waals surface area contributed by atoms with Crippen LogP contribution in [0.25, 0.3) is 0 Å². The van der Waals surface area contributed by atoms with Gasteiger partial charge in [0.05, 0.1) is 14.2 Å². The highest BCUT2D eigenvalue weighted by Crippen LogP contribution is 2.27. The topological polar surface area (TPSA) is 67.9 Å². The van der Waals surface area contributed by atoms with Gasteiger partial charge in [-0.1, -0.05) is 43.6 Å². The summed E-state index contributed by atoms with van der Waals surface area (Å²) in [7, 11) is 3.18. The Morgan fingerprint density at radius 1 is 0.968 bits per heavy atom. The van der Waals surface area contributed by atoms with E-state index in [-0.39, 0.29) is 17.7 Å². The first kappa shape index (κ1) is 24.5. The Labute approximate surface area is 189 Å². The monoisotopic (exact) mass is 446 g/mol. The van der Waals surface area contributed by atoms with Crippen molar-refractivity contribution >= 4 is 23.4 Å². The van der Waals surface area contributed by atoms with Gasteiger partial charge in [0.25, 0.3) is 0 Å². The molecule has 7 heteroatoms. The second kappa shape index (κ2) is 11.6. The zero-order chi connectivity index (χ0) is 23.0. The predicted molar refractivity (Wildman–Crippen MR) is 123 cm³/mol. The van der Waals surface area contributed by atoms with Crippen LogP contribution in [0.15, 0.2) is 42.5 Å². The Morgan fingerprint density at radius 2 is 1.58 bits per heavy atom. The molecule has 0 aliphatic carbocycles. The summed E-state index contributed by atoms with van der Waals surface area (Å²) in [4.78, 5) is 27.2. The lowest BCUT2D eigenvalue weighted by atomic mass is 10.1. The van der Waals surface area contributed by atoms with Gasteiger partial charge in [0, 0.05) is 24.0 Å². The zero-order valence-electron chi connectivity index (χ0n) is 18.8. The van der Waals surface area contributed by atoms with Crippen LogP contribution in [-0.4, -0.2) is 43.5 Å². The molecule has 2 rings (SSSR count). The number of ether oxygens (including phenoxy) is 2. The van der Waals surface area contributed by atoms with Crippen LogP contribution in [0.3, 0.4) is 0 Å². The molecule has 0 unspecified atom stereocenters. The molecular formula is C24H31ClN2O4. The van der Waals surface area contributed by atoms with E-state index in [1.54, 1.807) is 38.2 Å². The number of halogens is 1. The van der Waals surface area contributed by atoms with Crippen LogP contribution < -0.4 is 14.8 Å². The van der Waals surface area contributed by atoms with Gasteiger partial charge in [0.2, 0.25) is 11.8 Å². The van der Waals surface area contributed by atoms with Gasteiger partial charge in [-0.25, -0.2) is 0 Å². The molecule has 168 valence electrons. The predicted octanol–water partition coefficient (Wildman–Crippen LogP) is 4.09. The smallest absolute Gasteiger partial charge is 0.242 e. The summed E-state index contributed by atoms with van der Waals surface area (Å²) in [6, 6.07) is 12.4. The molecule has 2 amide bonds. The third-order valence-corrected chi connectivity index (χ3v) is 5.30. The van der Waals surface area contributed by atoms with Crippen molar-refractivity contribution in [3.63, 3.8) is 0 Å². The highest BCUT2D eigenvalue weighted by Gasteiger charge is 2.27. The van der Waals surface area contributed by atoms with Crippen molar-refractivity contribution in [1.82, 2.24) is 10.2 Å². The quantitative estimate of drug-likeness (QED) is 0.596. The number of rotatable bonds is 10. The van der Waals surface area contributed by atoms with Crippen molar-refractivity contribution in [3.8, 4) is 11.5 Å². The maximum atomic E-state index is 12.8. The number of amides is 2. The SMILES string of the molecule is COc1ccc(CCNC(=O)[C@@H](C)N(Cc2ccc(Cl)cc2)C(=O)C(C)C)cc1OC. The molecule has 2 aromatic rings. The second-order valence-corrected chi connectivity index (χ2v) is 8.09. The van der Waals surface area contributed by atoms with E-state index in [1.807, 2.05) is 44.2 Å². The summed E-state index contributed by atoms with van der Waals surface area (Å²) in [5.41, 5.74) is 1.94. The number of hydrogen-bond donors (Lipinski definition) is 1. The van der Waals surface area contributed by atoms with Gasteiger partial charge < -0.3 is 19.7 Å². The van der Waals surface area contributed by atoms with E-state index in [2.05, 4.69) is 5.32 Å². The van der Waals surface area contributed by atoms with Crippen LogP contribution in [0.5, 0.6) is 11.5 Å². The Morgan fingerprint density at radius 3 is 2.16 bits per heavy atom. The molecule has 0 aliphatic rings. The van der Waals surface area contributed by atoms with E-state index < -0.39 is 6.04 Å². The van der Waals surface area contributed by atoms with Crippen molar-refractivity contribution in [3.05, 3.63) is 58.6 Å². The van der Waals surface area contributed by atoms with Crippen molar-refractivity contribution in [1.29, 1.82) is 0 Å². The molecule has 0 bridgehead atoms. The van der Waals surface area contributed by atoms with E-state index in [4.69, 9.17) is 21.1 Å². The molecule has 0 radical (unpaired) electrons. The minimum Gasteiger partial charge on any atom is -0.493 e.